The molecule has 1 aliphatic rings. The number of piperidine rings is 1. The number of likely N-dealkylation sites (tertiary alicyclic amines) is 1. The molecular weight excluding hydrogens is 258 g/mol. The van der Waals surface area contributed by atoms with Crippen molar-refractivity contribution >= 4 is 10.9 Å². The fraction of sp³-hybridized carbons (Fsp3) is 0.556. The molecule has 2 N–H and O–H groups in total. The molecule has 0 bridgehead atoms. The van der Waals surface area contributed by atoms with Crippen molar-refractivity contribution in [2.24, 2.45) is 5.92 Å². The average molecular weight is 285 g/mol. The molecule has 3 heteroatoms. The van der Waals surface area contributed by atoms with E-state index in [0.29, 0.717) is 12.1 Å². The van der Waals surface area contributed by atoms with Gasteiger partial charge in [0.15, 0.2) is 0 Å². The van der Waals surface area contributed by atoms with Crippen molar-refractivity contribution < 1.29 is 0 Å². The first-order valence-corrected chi connectivity index (χ1v) is 8.13. The minimum absolute atomic E-state index is 0.653. The van der Waals surface area contributed by atoms with Crippen molar-refractivity contribution in [1.82, 2.24) is 15.2 Å². The summed E-state index contributed by atoms with van der Waals surface area (Å²) in [5.41, 5.74) is 2.58. The van der Waals surface area contributed by atoms with Gasteiger partial charge in [-0.2, -0.15) is 0 Å². The van der Waals surface area contributed by atoms with Gasteiger partial charge in [-0.1, -0.05) is 25.1 Å². The van der Waals surface area contributed by atoms with Crippen LogP contribution in [0.2, 0.25) is 0 Å². The Kier molecular flexibility index (Phi) is 4.32. The second-order valence-corrected chi connectivity index (χ2v) is 6.69. The zero-order valence-electron chi connectivity index (χ0n) is 13.4. The molecule has 3 atom stereocenters. The fourth-order valence-corrected chi connectivity index (χ4v) is 3.49. The molecular formula is C18H27N3. The van der Waals surface area contributed by atoms with Crippen LogP contribution >= 0.6 is 0 Å². The molecule has 1 saturated heterocycles. The third-order valence-corrected chi connectivity index (χ3v) is 5.00. The van der Waals surface area contributed by atoms with Crippen LogP contribution < -0.4 is 5.32 Å². The van der Waals surface area contributed by atoms with Gasteiger partial charge in [0.1, 0.15) is 0 Å². The van der Waals surface area contributed by atoms with Crippen LogP contribution in [0.5, 0.6) is 0 Å². The maximum atomic E-state index is 3.77. The molecule has 3 rings (SSSR count). The number of benzene rings is 1. The standard InChI is InChI=1S/C18H27N3/c1-13-12-21(3)14(2)10-18(13)19-9-8-16-11-15-6-4-5-7-17(15)20-16/h4-7,11,13-14,18-20H,8-10,12H2,1-3H3/t13-,14-,18+/m1/s1. The highest BCUT2D eigenvalue weighted by Gasteiger charge is 2.28. The topological polar surface area (TPSA) is 31.1 Å². The lowest BCUT2D eigenvalue weighted by Crippen LogP contribution is -2.51. The maximum absolute atomic E-state index is 3.77. The molecule has 3 nitrogen and oxygen atoms in total. The second kappa shape index (κ2) is 6.20. The molecule has 0 radical (unpaired) electrons. The van der Waals surface area contributed by atoms with Gasteiger partial charge >= 0.3 is 0 Å². The van der Waals surface area contributed by atoms with E-state index in [1.165, 1.54) is 29.6 Å². The minimum Gasteiger partial charge on any atom is -0.358 e. The van der Waals surface area contributed by atoms with E-state index >= 15 is 0 Å². The Morgan fingerprint density at radius 2 is 2.10 bits per heavy atom. The summed E-state index contributed by atoms with van der Waals surface area (Å²) in [4.78, 5) is 5.98. The number of H-pyrrole nitrogens is 1. The zero-order valence-corrected chi connectivity index (χ0v) is 13.4. The molecule has 1 aliphatic heterocycles. The van der Waals surface area contributed by atoms with Gasteiger partial charge in [-0.25, -0.2) is 0 Å². The van der Waals surface area contributed by atoms with E-state index in [9.17, 15) is 0 Å². The largest absolute Gasteiger partial charge is 0.358 e. The summed E-state index contributed by atoms with van der Waals surface area (Å²) in [6, 6.07) is 12.1. The second-order valence-electron chi connectivity index (χ2n) is 6.69. The third kappa shape index (κ3) is 3.30. The van der Waals surface area contributed by atoms with Crippen LogP contribution in [0.1, 0.15) is 26.0 Å². The Balaban J connectivity index is 1.53. The molecule has 1 aromatic heterocycles. The summed E-state index contributed by atoms with van der Waals surface area (Å²) in [6.07, 6.45) is 2.33. The third-order valence-electron chi connectivity index (χ3n) is 5.00. The monoisotopic (exact) mass is 285 g/mol. The van der Waals surface area contributed by atoms with Crippen molar-refractivity contribution in [3.63, 3.8) is 0 Å². The smallest absolute Gasteiger partial charge is 0.0456 e. The number of aromatic nitrogens is 1. The number of aromatic amines is 1. The number of para-hydroxylation sites is 1. The first-order valence-electron chi connectivity index (χ1n) is 8.13. The fourth-order valence-electron chi connectivity index (χ4n) is 3.49. The maximum Gasteiger partial charge on any atom is 0.0456 e. The molecule has 21 heavy (non-hydrogen) atoms. The van der Waals surface area contributed by atoms with Gasteiger partial charge in [0.25, 0.3) is 0 Å². The Morgan fingerprint density at radius 3 is 2.90 bits per heavy atom. The van der Waals surface area contributed by atoms with Gasteiger partial charge < -0.3 is 15.2 Å². The van der Waals surface area contributed by atoms with Gasteiger partial charge in [-0.3, -0.25) is 0 Å². The average Bonchev–Trinajstić information content (AvgIpc) is 2.87. The minimum atomic E-state index is 0.653. The first-order chi connectivity index (χ1) is 10.1. The Hall–Kier alpha value is -1.32. The molecule has 0 amide bonds. The quantitative estimate of drug-likeness (QED) is 0.904. The molecule has 1 aromatic carbocycles. The molecule has 0 saturated carbocycles. The van der Waals surface area contributed by atoms with Gasteiger partial charge in [0, 0.05) is 36.4 Å². The van der Waals surface area contributed by atoms with Gasteiger partial charge in [-0.15, -0.1) is 0 Å². The highest BCUT2D eigenvalue weighted by atomic mass is 15.2. The van der Waals surface area contributed by atoms with Crippen LogP contribution in [-0.2, 0) is 6.42 Å². The molecule has 2 aromatic rings. The lowest BCUT2D eigenvalue weighted by Gasteiger charge is -2.40. The molecule has 2 heterocycles. The summed E-state index contributed by atoms with van der Waals surface area (Å²) in [7, 11) is 2.24. The summed E-state index contributed by atoms with van der Waals surface area (Å²) in [5.74, 6) is 0.730. The van der Waals surface area contributed by atoms with E-state index in [2.05, 4.69) is 66.4 Å². The number of nitrogens with zero attached hydrogens (tertiary/aromatic N) is 1. The summed E-state index contributed by atoms with van der Waals surface area (Å²) in [6.45, 7) is 6.95. The van der Waals surface area contributed by atoms with Gasteiger partial charge in [0.2, 0.25) is 0 Å². The molecule has 0 unspecified atom stereocenters. The summed E-state index contributed by atoms with van der Waals surface area (Å²) < 4.78 is 0. The van der Waals surface area contributed by atoms with Crippen molar-refractivity contribution in [1.29, 1.82) is 0 Å². The number of rotatable bonds is 4. The van der Waals surface area contributed by atoms with Crippen LogP contribution in [0.25, 0.3) is 10.9 Å². The lowest BCUT2D eigenvalue weighted by molar-refractivity contribution is 0.122. The van der Waals surface area contributed by atoms with Crippen LogP contribution in [0.15, 0.2) is 30.3 Å². The normalized spacial score (nSPS) is 27.3. The zero-order chi connectivity index (χ0) is 14.8. The molecule has 1 fully saturated rings. The summed E-state index contributed by atoms with van der Waals surface area (Å²) >= 11 is 0. The predicted octanol–water partition coefficient (Wildman–Crippen LogP) is 3.03. The van der Waals surface area contributed by atoms with E-state index in [1.807, 2.05) is 0 Å². The van der Waals surface area contributed by atoms with Crippen LogP contribution in [0.3, 0.4) is 0 Å². The van der Waals surface area contributed by atoms with Crippen LogP contribution in [0.4, 0.5) is 0 Å². The van der Waals surface area contributed by atoms with Crippen molar-refractivity contribution in [2.75, 3.05) is 20.1 Å². The van der Waals surface area contributed by atoms with E-state index < -0.39 is 0 Å². The van der Waals surface area contributed by atoms with Gasteiger partial charge in [0.05, 0.1) is 0 Å². The molecule has 114 valence electrons. The van der Waals surface area contributed by atoms with Crippen molar-refractivity contribution in [2.45, 2.75) is 38.8 Å². The summed E-state index contributed by atoms with van der Waals surface area (Å²) in [5, 5.41) is 5.08. The highest BCUT2D eigenvalue weighted by Crippen LogP contribution is 2.21. The molecule has 0 aliphatic carbocycles. The predicted molar refractivity (Wildman–Crippen MR) is 89.7 cm³/mol. The van der Waals surface area contributed by atoms with E-state index in [-0.39, 0.29) is 0 Å². The first kappa shape index (κ1) is 14.6. The van der Waals surface area contributed by atoms with Crippen LogP contribution in [-0.4, -0.2) is 42.1 Å². The van der Waals surface area contributed by atoms with E-state index in [0.717, 1.165) is 18.9 Å². The number of fused-ring (bicyclic) bond motifs is 1. The van der Waals surface area contributed by atoms with Gasteiger partial charge in [-0.05, 0) is 50.2 Å². The van der Waals surface area contributed by atoms with Crippen molar-refractivity contribution in [3.05, 3.63) is 36.0 Å². The van der Waals surface area contributed by atoms with E-state index in [4.69, 9.17) is 0 Å². The molecule has 0 spiro atoms. The Bertz CT molecular complexity index is 556. The number of nitrogens with one attached hydrogen (secondary N) is 2. The number of hydrogen-bond acceptors (Lipinski definition) is 2. The van der Waals surface area contributed by atoms with E-state index in [1.54, 1.807) is 0 Å². The Labute approximate surface area is 127 Å². The highest BCUT2D eigenvalue weighted by molar-refractivity contribution is 5.80. The number of hydrogen-bond donors (Lipinski definition) is 2. The Morgan fingerprint density at radius 1 is 1.29 bits per heavy atom. The SMILES string of the molecule is C[C@@H]1CN(C)[C@H](C)C[C@@H]1NCCc1cc2ccccc2[nH]1. The van der Waals surface area contributed by atoms with Crippen LogP contribution in [0, 0.1) is 5.92 Å². The lowest BCUT2D eigenvalue weighted by atomic mass is 9.90. The van der Waals surface area contributed by atoms with Crippen molar-refractivity contribution in [3.8, 4) is 0 Å².